The first-order valence-corrected chi connectivity index (χ1v) is 7.91. The Hall–Kier alpha value is -0.100. The molecule has 0 saturated heterocycles. The largest absolute Gasteiger partial charge is 0.346 e. The summed E-state index contributed by atoms with van der Waals surface area (Å²) in [6.45, 7) is 4.20. The Morgan fingerprint density at radius 2 is 1.94 bits per heavy atom. The normalized spacial score (nSPS) is 11.3. The number of nitrogens with one attached hydrogen (secondary N) is 1. The number of halogens is 2. The van der Waals surface area contributed by atoms with Gasteiger partial charge < -0.3 is 5.32 Å². The second kappa shape index (κ2) is 6.73. The first kappa shape index (κ1) is 15.0. The highest BCUT2D eigenvalue weighted by Crippen LogP contribution is 2.20. The molecule has 0 spiro atoms. The van der Waals surface area contributed by atoms with Crippen molar-refractivity contribution in [2.45, 2.75) is 32.2 Å². The van der Waals surface area contributed by atoms with Crippen LogP contribution >= 0.6 is 38.5 Å². The van der Waals surface area contributed by atoms with E-state index < -0.39 is 0 Å². The molecule has 1 aromatic carbocycles. The molecule has 1 amide bonds. The third-order valence-corrected chi connectivity index (χ3v) is 5.12. The quantitative estimate of drug-likeness (QED) is 0.578. The molecule has 4 heteroatoms. The van der Waals surface area contributed by atoms with Crippen molar-refractivity contribution in [1.82, 2.24) is 5.32 Å². The minimum absolute atomic E-state index is 0.0122. The van der Waals surface area contributed by atoms with Crippen LogP contribution in [0.15, 0.2) is 24.3 Å². The van der Waals surface area contributed by atoms with Crippen molar-refractivity contribution >= 4 is 44.4 Å². The Morgan fingerprint density at radius 1 is 1.35 bits per heavy atom. The molecule has 0 fully saturated rings. The van der Waals surface area contributed by atoms with Crippen LogP contribution in [-0.4, -0.2) is 16.8 Å². The van der Waals surface area contributed by atoms with Crippen molar-refractivity contribution in [3.63, 3.8) is 0 Å². The van der Waals surface area contributed by atoms with Crippen LogP contribution in [0.4, 0.5) is 0 Å². The topological polar surface area (TPSA) is 29.1 Å². The van der Waals surface area contributed by atoms with Gasteiger partial charge in [0.25, 0.3) is 5.91 Å². The zero-order valence-corrected chi connectivity index (χ0v) is 13.8. The van der Waals surface area contributed by atoms with E-state index in [9.17, 15) is 4.79 Å². The van der Waals surface area contributed by atoms with E-state index in [4.69, 9.17) is 0 Å². The third-order valence-electron chi connectivity index (χ3n) is 3.11. The molecule has 0 atom stereocenters. The minimum Gasteiger partial charge on any atom is -0.346 e. The SMILES string of the molecule is CCC(CC)(CBr)NC(=O)c1ccccc1I. The summed E-state index contributed by atoms with van der Waals surface area (Å²) >= 11 is 5.69. The maximum atomic E-state index is 12.2. The molecule has 0 heterocycles. The molecule has 0 aliphatic rings. The van der Waals surface area contributed by atoms with E-state index in [0.717, 1.165) is 27.3 Å². The number of benzene rings is 1. The van der Waals surface area contributed by atoms with Gasteiger partial charge in [-0.15, -0.1) is 0 Å². The number of amides is 1. The molecule has 17 heavy (non-hydrogen) atoms. The maximum absolute atomic E-state index is 12.2. The maximum Gasteiger partial charge on any atom is 0.252 e. The smallest absolute Gasteiger partial charge is 0.252 e. The number of hydrogen-bond acceptors (Lipinski definition) is 1. The van der Waals surface area contributed by atoms with Gasteiger partial charge in [0.1, 0.15) is 0 Å². The lowest BCUT2D eigenvalue weighted by atomic mass is 9.95. The van der Waals surface area contributed by atoms with Crippen LogP contribution < -0.4 is 5.32 Å². The molecule has 0 aliphatic heterocycles. The highest BCUT2D eigenvalue weighted by atomic mass is 127. The van der Waals surface area contributed by atoms with Crippen LogP contribution in [0.2, 0.25) is 0 Å². The van der Waals surface area contributed by atoms with E-state index in [0.29, 0.717) is 0 Å². The summed E-state index contributed by atoms with van der Waals surface area (Å²) in [5.41, 5.74) is 0.607. The van der Waals surface area contributed by atoms with Gasteiger partial charge in [0.2, 0.25) is 0 Å². The van der Waals surface area contributed by atoms with Crippen molar-refractivity contribution in [3.05, 3.63) is 33.4 Å². The molecule has 0 unspecified atom stereocenters. The van der Waals surface area contributed by atoms with Gasteiger partial charge in [-0.25, -0.2) is 0 Å². The molecule has 94 valence electrons. The van der Waals surface area contributed by atoms with Crippen LogP contribution in [0, 0.1) is 3.57 Å². The lowest BCUT2D eigenvalue weighted by Gasteiger charge is -2.31. The molecule has 0 radical (unpaired) electrons. The van der Waals surface area contributed by atoms with Gasteiger partial charge in [0.15, 0.2) is 0 Å². The molecule has 0 saturated carbocycles. The van der Waals surface area contributed by atoms with Crippen molar-refractivity contribution in [1.29, 1.82) is 0 Å². The molecule has 1 N–H and O–H groups in total. The summed E-state index contributed by atoms with van der Waals surface area (Å²) in [5, 5.41) is 3.93. The predicted molar refractivity (Wildman–Crippen MR) is 83.7 cm³/mol. The Bertz CT molecular complexity index is 382. The van der Waals surface area contributed by atoms with Crippen molar-refractivity contribution < 1.29 is 4.79 Å². The average molecular weight is 410 g/mol. The Kier molecular flexibility index (Phi) is 5.92. The Labute approximate surface area is 125 Å². The van der Waals surface area contributed by atoms with Crippen LogP contribution in [0.3, 0.4) is 0 Å². The summed E-state index contributed by atoms with van der Waals surface area (Å²) in [6, 6.07) is 7.64. The highest BCUT2D eigenvalue weighted by molar-refractivity contribution is 14.1. The van der Waals surface area contributed by atoms with E-state index in [-0.39, 0.29) is 11.4 Å². The lowest BCUT2D eigenvalue weighted by Crippen LogP contribution is -2.49. The predicted octanol–water partition coefficient (Wildman–Crippen LogP) is 3.97. The molecule has 0 bridgehead atoms. The summed E-state index contributed by atoms with van der Waals surface area (Å²) in [5.74, 6) is 0.0122. The third kappa shape index (κ3) is 3.68. The molecule has 1 aromatic rings. The zero-order chi connectivity index (χ0) is 12.9. The number of rotatable bonds is 5. The molecule has 2 nitrogen and oxygen atoms in total. The van der Waals surface area contributed by atoms with E-state index in [2.05, 4.69) is 57.7 Å². The molecular formula is C13H17BrINO. The zero-order valence-electron chi connectivity index (χ0n) is 10.1. The molecule has 0 aliphatic carbocycles. The summed E-state index contributed by atoms with van der Waals surface area (Å²) in [4.78, 5) is 12.2. The Balaban J connectivity index is 2.89. The number of alkyl halides is 1. The van der Waals surface area contributed by atoms with Crippen molar-refractivity contribution in [2.24, 2.45) is 0 Å². The van der Waals surface area contributed by atoms with Gasteiger partial charge in [-0.3, -0.25) is 4.79 Å². The van der Waals surface area contributed by atoms with Crippen LogP contribution in [0.5, 0.6) is 0 Å². The average Bonchev–Trinajstić information content (AvgIpc) is 2.36. The van der Waals surface area contributed by atoms with Gasteiger partial charge in [-0.2, -0.15) is 0 Å². The molecule has 0 aromatic heterocycles. The van der Waals surface area contributed by atoms with Crippen molar-refractivity contribution in [2.75, 3.05) is 5.33 Å². The summed E-state index contributed by atoms with van der Waals surface area (Å²) in [6.07, 6.45) is 1.84. The van der Waals surface area contributed by atoms with Gasteiger partial charge in [-0.1, -0.05) is 41.9 Å². The monoisotopic (exact) mass is 409 g/mol. The first-order chi connectivity index (χ1) is 8.08. The second-order valence-corrected chi connectivity index (χ2v) is 5.78. The fourth-order valence-electron chi connectivity index (χ4n) is 1.60. The summed E-state index contributed by atoms with van der Waals surface area (Å²) in [7, 11) is 0. The van der Waals surface area contributed by atoms with Crippen LogP contribution in [0.25, 0.3) is 0 Å². The van der Waals surface area contributed by atoms with E-state index in [1.807, 2.05) is 24.3 Å². The molecule has 1 rings (SSSR count). The van der Waals surface area contributed by atoms with Gasteiger partial charge in [0, 0.05) is 14.4 Å². The number of hydrogen-bond donors (Lipinski definition) is 1. The van der Waals surface area contributed by atoms with Crippen LogP contribution in [-0.2, 0) is 0 Å². The second-order valence-electron chi connectivity index (χ2n) is 4.06. The first-order valence-electron chi connectivity index (χ1n) is 5.71. The fourth-order valence-corrected chi connectivity index (χ4v) is 3.17. The minimum atomic E-state index is -0.143. The molecular weight excluding hydrogens is 393 g/mol. The van der Waals surface area contributed by atoms with Gasteiger partial charge in [0.05, 0.1) is 5.56 Å². The van der Waals surface area contributed by atoms with E-state index in [1.54, 1.807) is 0 Å². The lowest BCUT2D eigenvalue weighted by molar-refractivity contribution is 0.0903. The highest BCUT2D eigenvalue weighted by Gasteiger charge is 2.27. The van der Waals surface area contributed by atoms with Gasteiger partial charge in [-0.05, 0) is 47.6 Å². The van der Waals surface area contributed by atoms with E-state index >= 15 is 0 Å². The fraction of sp³-hybridized carbons (Fsp3) is 0.462. The number of carbonyl (C=O) groups is 1. The number of carbonyl (C=O) groups excluding carboxylic acids is 1. The summed E-state index contributed by atoms with van der Waals surface area (Å²) < 4.78 is 0.985. The van der Waals surface area contributed by atoms with Crippen molar-refractivity contribution in [3.8, 4) is 0 Å². The van der Waals surface area contributed by atoms with Gasteiger partial charge >= 0.3 is 0 Å². The standard InChI is InChI=1S/C13H17BrINO/c1-3-13(4-2,9-14)16-12(17)10-7-5-6-8-11(10)15/h5-8H,3-4,9H2,1-2H3,(H,16,17). The van der Waals surface area contributed by atoms with Crippen LogP contribution in [0.1, 0.15) is 37.0 Å². The van der Waals surface area contributed by atoms with E-state index in [1.165, 1.54) is 0 Å². The Morgan fingerprint density at radius 3 is 2.41 bits per heavy atom.